The van der Waals surface area contributed by atoms with E-state index in [4.69, 9.17) is 28.6 Å². The number of nitrogens with one attached hydrogen (secondary N) is 2. The minimum absolute atomic E-state index is 0.681. The Morgan fingerprint density at radius 2 is 2.16 bits per heavy atom. The normalized spacial score (nSPS) is 10.8. The summed E-state index contributed by atoms with van der Waals surface area (Å²) in [5, 5.41) is 6.79. The largest absolute Gasteiger partial charge is 0.495 e. The zero-order chi connectivity index (χ0) is 18.4. The van der Waals surface area contributed by atoms with Gasteiger partial charge in [-0.15, -0.1) is 11.3 Å². The zero-order valence-corrected chi connectivity index (χ0v) is 17.4. The van der Waals surface area contributed by atoms with E-state index in [9.17, 15) is 0 Å². The molecule has 0 unspecified atom stereocenters. The van der Waals surface area contributed by atoms with Crippen molar-refractivity contribution in [2.75, 3.05) is 39.6 Å². The van der Waals surface area contributed by atoms with Gasteiger partial charge in [0.05, 0.1) is 46.5 Å². The van der Waals surface area contributed by atoms with Crippen molar-refractivity contribution in [3.63, 3.8) is 0 Å². The fourth-order valence-corrected chi connectivity index (χ4v) is 3.46. The number of rotatable bonds is 7. The third-order valence-corrected chi connectivity index (χ3v) is 5.45. The number of benzene rings is 1. The highest BCUT2D eigenvalue weighted by atomic mass is 35.5. The first kappa shape index (κ1) is 20.0. The molecule has 2 N–H and O–H groups in total. The van der Waals surface area contributed by atoms with Gasteiger partial charge in [0.1, 0.15) is 5.75 Å². The Morgan fingerprint density at radius 3 is 2.76 bits per heavy atom. The second-order valence-electron chi connectivity index (χ2n) is 6.19. The van der Waals surface area contributed by atoms with Crippen molar-refractivity contribution in [2.24, 2.45) is 0 Å². The molecular formula is C18H25ClN3OS2+. The molecule has 0 fully saturated rings. The van der Waals surface area contributed by atoms with Gasteiger partial charge in [0, 0.05) is 16.0 Å². The molecule has 0 radical (unpaired) electrons. The van der Waals surface area contributed by atoms with Gasteiger partial charge in [0.2, 0.25) is 0 Å². The van der Waals surface area contributed by atoms with Crippen LogP contribution in [0.15, 0.2) is 29.6 Å². The van der Waals surface area contributed by atoms with E-state index in [0.29, 0.717) is 15.9 Å². The number of hydrogen-bond donors (Lipinski definition) is 2. The number of aryl methyl sites for hydroxylation is 1. The van der Waals surface area contributed by atoms with Crippen LogP contribution in [0.25, 0.3) is 0 Å². The van der Waals surface area contributed by atoms with Crippen molar-refractivity contribution in [2.45, 2.75) is 13.5 Å². The van der Waals surface area contributed by atoms with E-state index in [1.807, 2.05) is 19.1 Å². The number of likely N-dealkylation sites (N-methyl/N-ethyl adjacent to an activating group) is 1. The van der Waals surface area contributed by atoms with Gasteiger partial charge in [-0.3, -0.25) is 0 Å². The molecule has 0 aliphatic carbocycles. The summed E-state index contributed by atoms with van der Waals surface area (Å²) in [5.74, 6) is 0.687. The Bertz CT molecular complexity index is 705. The predicted octanol–water partition coefficient (Wildman–Crippen LogP) is 3.06. The molecule has 0 aliphatic heterocycles. The summed E-state index contributed by atoms with van der Waals surface area (Å²) in [7, 11) is 5.92. The van der Waals surface area contributed by atoms with E-state index in [0.717, 1.165) is 30.9 Å². The Kier molecular flexibility index (Phi) is 7.50. The quantitative estimate of drug-likeness (QED) is 0.701. The lowest BCUT2D eigenvalue weighted by molar-refractivity contribution is -0.857. The summed E-state index contributed by atoms with van der Waals surface area (Å²) in [6.45, 7) is 4.64. The lowest BCUT2D eigenvalue weighted by Gasteiger charge is -2.26. The standard InChI is InChI=1S/C18H24ClN3OS2/c1-13-10-16(17(23-4)11-15(13)19)20-18(24)22(8-7-21(2)3)12-14-6-5-9-25-14/h5-6,9-11H,7-8,12H2,1-4H3,(H,20,24)/p+1. The summed E-state index contributed by atoms with van der Waals surface area (Å²) in [6.07, 6.45) is 0. The molecule has 25 heavy (non-hydrogen) atoms. The number of halogens is 1. The smallest absolute Gasteiger partial charge is 0.174 e. The van der Waals surface area contributed by atoms with Crippen molar-refractivity contribution in [1.82, 2.24) is 4.90 Å². The molecule has 0 aliphatic rings. The zero-order valence-electron chi connectivity index (χ0n) is 15.1. The molecular weight excluding hydrogens is 374 g/mol. The second kappa shape index (κ2) is 9.38. The van der Waals surface area contributed by atoms with Gasteiger partial charge in [0.25, 0.3) is 0 Å². The number of hydrogen-bond acceptors (Lipinski definition) is 3. The second-order valence-corrected chi connectivity index (χ2v) is 8.02. The fourth-order valence-electron chi connectivity index (χ4n) is 2.33. The number of methoxy groups -OCH3 is 1. The molecule has 0 atom stereocenters. The molecule has 1 aromatic carbocycles. The molecule has 0 spiro atoms. The third-order valence-electron chi connectivity index (χ3n) is 3.82. The van der Waals surface area contributed by atoms with E-state index in [-0.39, 0.29) is 0 Å². The van der Waals surface area contributed by atoms with Gasteiger partial charge in [-0.25, -0.2) is 0 Å². The molecule has 136 valence electrons. The summed E-state index contributed by atoms with van der Waals surface area (Å²) in [4.78, 5) is 4.87. The van der Waals surface area contributed by atoms with Crippen LogP contribution in [0.4, 0.5) is 5.69 Å². The molecule has 1 aromatic heterocycles. The number of ether oxygens (including phenoxy) is 1. The van der Waals surface area contributed by atoms with Crippen LogP contribution >= 0.6 is 35.2 Å². The number of anilines is 1. The van der Waals surface area contributed by atoms with E-state index >= 15 is 0 Å². The molecule has 4 nitrogen and oxygen atoms in total. The van der Waals surface area contributed by atoms with Crippen molar-refractivity contribution in [3.8, 4) is 5.75 Å². The SMILES string of the molecule is COc1cc(Cl)c(C)cc1NC(=S)N(CC[NH+](C)C)Cc1cccs1. The Labute approximate surface area is 164 Å². The Morgan fingerprint density at radius 1 is 1.40 bits per heavy atom. The van der Waals surface area contributed by atoms with Gasteiger partial charge >= 0.3 is 0 Å². The highest BCUT2D eigenvalue weighted by Gasteiger charge is 2.15. The molecule has 0 bridgehead atoms. The van der Waals surface area contributed by atoms with Crippen molar-refractivity contribution in [1.29, 1.82) is 0 Å². The summed E-state index contributed by atoms with van der Waals surface area (Å²) >= 11 is 13.6. The molecule has 0 saturated heterocycles. The summed E-state index contributed by atoms with van der Waals surface area (Å²) in [6, 6.07) is 7.98. The minimum atomic E-state index is 0.681. The van der Waals surface area contributed by atoms with Crippen molar-refractivity contribution < 1.29 is 9.64 Å². The number of thiocarbonyl (C=S) groups is 1. The maximum Gasteiger partial charge on any atom is 0.174 e. The van der Waals surface area contributed by atoms with Gasteiger partial charge in [-0.05, 0) is 42.2 Å². The van der Waals surface area contributed by atoms with Gasteiger partial charge in [-0.1, -0.05) is 17.7 Å². The molecule has 1 heterocycles. The first-order chi connectivity index (χ1) is 11.9. The van der Waals surface area contributed by atoms with Crippen LogP contribution in [0.3, 0.4) is 0 Å². The molecule has 7 heteroatoms. The average Bonchev–Trinajstić information content (AvgIpc) is 3.07. The minimum Gasteiger partial charge on any atom is -0.495 e. The number of quaternary nitrogens is 1. The van der Waals surface area contributed by atoms with Crippen molar-refractivity contribution >= 4 is 46.0 Å². The van der Waals surface area contributed by atoms with Crippen LogP contribution in [0.5, 0.6) is 5.75 Å². The van der Waals surface area contributed by atoms with Crippen LogP contribution < -0.4 is 15.0 Å². The highest BCUT2D eigenvalue weighted by Crippen LogP contribution is 2.31. The van der Waals surface area contributed by atoms with Crippen LogP contribution in [0.2, 0.25) is 5.02 Å². The average molecular weight is 399 g/mol. The molecule has 0 saturated carbocycles. The predicted molar refractivity (Wildman–Crippen MR) is 111 cm³/mol. The maximum atomic E-state index is 6.19. The van der Waals surface area contributed by atoms with Crippen LogP contribution in [0.1, 0.15) is 10.4 Å². The Hall–Kier alpha value is -1.34. The van der Waals surface area contributed by atoms with E-state index in [1.165, 1.54) is 9.78 Å². The summed E-state index contributed by atoms with van der Waals surface area (Å²) < 4.78 is 5.44. The van der Waals surface area contributed by atoms with Gasteiger partial charge in [-0.2, -0.15) is 0 Å². The lowest BCUT2D eigenvalue weighted by Crippen LogP contribution is -3.06. The van der Waals surface area contributed by atoms with Gasteiger partial charge < -0.3 is 19.9 Å². The first-order valence-electron chi connectivity index (χ1n) is 8.12. The molecule has 2 aromatic rings. The van der Waals surface area contributed by atoms with Gasteiger partial charge in [0.15, 0.2) is 5.11 Å². The maximum absolute atomic E-state index is 6.19. The van der Waals surface area contributed by atoms with Crippen LogP contribution in [-0.2, 0) is 6.54 Å². The molecule has 2 rings (SSSR count). The van der Waals surface area contributed by atoms with Crippen molar-refractivity contribution in [3.05, 3.63) is 45.1 Å². The number of thiophene rings is 1. The monoisotopic (exact) mass is 398 g/mol. The summed E-state index contributed by atoms with van der Waals surface area (Å²) in [5.41, 5.74) is 1.82. The van der Waals surface area contributed by atoms with Crippen LogP contribution in [-0.4, -0.2) is 44.3 Å². The van der Waals surface area contributed by atoms with E-state index < -0.39 is 0 Å². The topological polar surface area (TPSA) is 28.9 Å². The molecule has 0 amide bonds. The van der Waals surface area contributed by atoms with E-state index in [2.05, 4.69) is 41.8 Å². The highest BCUT2D eigenvalue weighted by molar-refractivity contribution is 7.80. The lowest BCUT2D eigenvalue weighted by atomic mass is 10.2. The Balaban J connectivity index is 2.16. The first-order valence-corrected chi connectivity index (χ1v) is 9.78. The van der Waals surface area contributed by atoms with Crippen LogP contribution in [0, 0.1) is 6.92 Å². The fraction of sp³-hybridized carbons (Fsp3) is 0.389. The number of nitrogens with zero attached hydrogens (tertiary/aromatic N) is 1. The van der Waals surface area contributed by atoms with E-state index in [1.54, 1.807) is 18.4 Å². The third kappa shape index (κ3) is 5.85.